The number of nitrogens with one attached hydrogen (secondary N) is 2. The topological polar surface area (TPSA) is 104 Å². The number of fused-ring (bicyclic) bond motifs is 1. The van der Waals surface area contributed by atoms with E-state index in [9.17, 15) is 4.21 Å². The molecule has 1 aromatic heterocycles. The number of benzene rings is 2. The predicted octanol–water partition coefficient (Wildman–Crippen LogP) is 4.27. The molecule has 7 heteroatoms. The van der Waals surface area contributed by atoms with Crippen molar-refractivity contribution in [2.75, 3.05) is 5.73 Å². The zero-order valence-electron chi connectivity index (χ0n) is 12.6. The van der Waals surface area contributed by atoms with E-state index in [2.05, 4.69) is 4.98 Å². The number of anilines is 1. The third-order valence-electron chi connectivity index (χ3n) is 3.76. The monoisotopic (exact) mass is 358 g/mol. The Kier molecular flexibility index (Phi) is 4.26. The summed E-state index contributed by atoms with van der Waals surface area (Å²) in [6.07, 6.45) is 2.61. The van der Waals surface area contributed by atoms with Crippen LogP contribution in [-0.4, -0.2) is 15.4 Å². The van der Waals surface area contributed by atoms with Gasteiger partial charge < -0.3 is 11.1 Å². The smallest absolute Gasteiger partial charge is 0.107 e. The van der Waals surface area contributed by atoms with Crippen molar-refractivity contribution in [3.05, 3.63) is 65.3 Å². The van der Waals surface area contributed by atoms with Crippen LogP contribution in [0.1, 0.15) is 10.8 Å². The lowest BCUT2D eigenvalue weighted by Gasteiger charge is -2.18. The number of aromatic nitrogens is 1. The Morgan fingerprint density at radius 2 is 2.00 bits per heavy atom. The van der Waals surface area contributed by atoms with Gasteiger partial charge in [-0.3, -0.25) is 4.98 Å². The summed E-state index contributed by atoms with van der Waals surface area (Å²) in [4.78, 5) is 4.56. The summed E-state index contributed by atoms with van der Waals surface area (Å²) in [6.45, 7) is 0. The summed E-state index contributed by atoms with van der Waals surface area (Å²) in [5.74, 6) is 0. The van der Waals surface area contributed by atoms with Gasteiger partial charge in [0.25, 0.3) is 0 Å². The number of nitrogens with zero attached hydrogens (tertiary/aromatic N) is 1. The lowest BCUT2D eigenvalue weighted by Crippen LogP contribution is -2.14. The predicted molar refractivity (Wildman–Crippen MR) is 98.3 cm³/mol. The van der Waals surface area contributed by atoms with Crippen molar-refractivity contribution in [1.29, 1.82) is 10.2 Å². The van der Waals surface area contributed by atoms with E-state index < -0.39 is 15.0 Å². The highest BCUT2D eigenvalue weighted by atomic mass is 35.5. The molecule has 4 N–H and O–H groups in total. The SMILES string of the molecule is N=CC(c1ccnc2cc(Cl)ccc12)S(=N)(=O)c1cccc(N)c1. The average molecular weight is 359 g/mol. The van der Waals surface area contributed by atoms with Gasteiger partial charge in [-0.2, -0.15) is 0 Å². The number of rotatable bonds is 4. The zero-order chi connectivity index (χ0) is 17.3. The molecule has 122 valence electrons. The minimum atomic E-state index is -3.31. The van der Waals surface area contributed by atoms with Crippen molar-refractivity contribution in [1.82, 2.24) is 4.98 Å². The van der Waals surface area contributed by atoms with Gasteiger partial charge in [0.1, 0.15) is 5.25 Å². The third-order valence-corrected chi connectivity index (χ3v) is 6.06. The second kappa shape index (κ2) is 6.22. The van der Waals surface area contributed by atoms with Crippen molar-refractivity contribution in [3.8, 4) is 0 Å². The molecular formula is C17H15ClN4OS. The lowest BCUT2D eigenvalue weighted by molar-refractivity contribution is 0.672. The largest absolute Gasteiger partial charge is 0.399 e. The Labute approximate surface area is 145 Å². The maximum Gasteiger partial charge on any atom is 0.107 e. The summed E-state index contributed by atoms with van der Waals surface area (Å²) in [5.41, 5.74) is 7.42. The fraction of sp³-hybridized carbons (Fsp3) is 0.0588. The first-order valence-electron chi connectivity index (χ1n) is 7.11. The van der Waals surface area contributed by atoms with Gasteiger partial charge in [0.05, 0.1) is 20.1 Å². The Hall–Kier alpha value is -2.44. The molecule has 0 spiro atoms. The summed E-state index contributed by atoms with van der Waals surface area (Å²) in [6, 6.07) is 13.3. The summed E-state index contributed by atoms with van der Waals surface area (Å²) in [5, 5.41) is 8.12. The number of halogens is 1. The van der Waals surface area contributed by atoms with Crippen molar-refractivity contribution in [2.24, 2.45) is 0 Å². The van der Waals surface area contributed by atoms with E-state index in [-0.39, 0.29) is 0 Å². The first-order chi connectivity index (χ1) is 11.4. The Bertz CT molecular complexity index is 1030. The van der Waals surface area contributed by atoms with Crippen LogP contribution in [-0.2, 0) is 9.73 Å². The maximum atomic E-state index is 13.2. The highest BCUT2D eigenvalue weighted by molar-refractivity contribution is 7.93. The first-order valence-corrected chi connectivity index (χ1v) is 9.11. The van der Waals surface area contributed by atoms with Gasteiger partial charge in [0.2, 0.25) is 0 Å². The molecule has 5 nitrogen and oxygen atoms in total. The summed E-state index contributed by atoms with van der Waals surface area (Å²) >= 11 is 6.00. The number of pyridine rings is 1. The Morgan fingerprint density at radius 3 is 2.71 bits per heavy atom. The number of nitrogen functional groups attached to an aromatic ring is 1. The van der Waals surface area contributed by atoms with Crippen LogP contribution < -0.4 is 5.73 Å². The highest BCUT2D eigenvalue weighted by Gasteiger charge is 2.25. The molecule has 3 aromatic rings. The fourth-order valence-electron chi connectivity index (χ4n) is 2.61. The van der Waals surface area contributed by atoms with Crippen LogP contribution >= 0.6 is 11.6 Å². The molecule has 0 saturated heterocycles. The van der Waals surface area contributed by atoms with Crippen LogP contribution in [0.5, 0.6) is 0 Å². The van der Waals surface area contributed by atoms with E-state index in [1.54, 1.807) is 48.7 Å². The third kappa shape index (κ3) is 2.86. The highest BCUT2D eigenvalue weighted by Crippen LogP contribution is 2.33. The summed E-state index contributed by atoms with van der Waals surface area (Å²) < 4.78 is 21.6. The standard InChI is InChI=1S/C17H15ClN4OS/c18-11-4-5-14-15(6-7-22-16(14)8-11)17(10-19)24(21,23)13-3-1-2-12(20)9-13/h1-10,17,19,21H,20H2. The van der Waals surface area contributed by atoms with Gasteiger partial charge in [0, 0.05) is 28.5 Å². The Morgan fingerprint density at radius 1 is 1.21 bits per heavy atom. The molecular weight excluding hydrogens is 344 g/mol. The number of hydrogen-bond acceptors (Lipinski definition) is 5. The molecule has 24 heavy (non-hydrogen) atoms. The molecule has 0 saturated carbocycles. The van der Waals surface area contributed by atoms with Crippen LogP contribution in [0.15, 0.2) is 59.6 Å². The minimum Gasteiger partial charge on any atom is -0.399 e. The van der Waals surface area contributed by atoms with Crippen molar-refractivity contribution in [3.63, 3.8) is 0 Å². The number of nitrogens with two attached hydrogens (primary N) is 1. The van der Waals surface area contributed by atoms with E-state index in [4.69, 9.17) is 27.5 Å². The van der Waals surface area contributed by atoms with Crippen molar-refractivity contribution >= 4 is 44.1 Å². The van der Waals surface area contributed by atoms with Gasteiger partial charge in [0.15, 0.2) is 0 Å². The molecule has 0 aliphatic heterocycles. The van der Waals surface area contributed by atoms with Crippen LogP contribution in [0.3, 0.4) is 0 Å². The molecule has 2 atom stereocenters. The van der Waals surface area contributed by atoms with E-state index in [0.717, 1.165) is 11.6 Å². The van der Waals surface area contributed by atoms with Gasteiger partial charge in [-0.15, -0.1) is 0 Å². The molecule has 0 aliphatic rings. The van der Waals surface area contributed by atoms with E-state index in [0.29, 0.717) is 26.7 Å². The molecule has 0 bridgehead atoms. The van der Waals surface area contributed by atoms with Crippen LogP contribution in [0.25, 0.3) is 10.9 Å². The molecule has 0 aliphatic carbocycles. The fourth-order valence-corrected chi connectivity index (χ4v) is 4.41. The van der Waals surface area contributed by atoms with E-state index in [1.165, 1.54) is 6.07 Å². The molecule has 2 aromatic carbocycles. The normalized spacial score (nSPS) is 14.9. The van der Waals surface area contributed by atoms with Gasteiger partial charge in [-0.1, -0.05) is 23.7 Å². The van der Waals surface area contributed by atoms with Gasteiger partial charge in [-0.25, -0.2) is 8.99 Å². The van der Waals surface area contributed by atoms with Crippen molar-refractivity contribution in [2.45, 2.75) is 10.1 Å². The van der Waals surface area contributed by atoms with E-state index in [1.807, 2.05) is 0 Å². The summed E-state index contributed by atoms with van der Waals surface area (Å²) in [7, 11) is -3.31. The van der Waals surface area contributed by atoms with Crippen LogP contribution in [0.2, 0.25) is 5.02 Å². The molecule has 0 fully saturated rings. The van der Waals surface area contributed by atoms with Crippen molar-refractivity contribution < 1.29 is 4.21 Å². The van der Waals surface area contributed by atoms with Gasteiger partial charge >= 0.3 is 0 Å². The average Bonchev–Trinajstić information content (AvgIpc) is 2.55. The zero-order valence-corrected chi connectivity index (χ0v) is 14.1. The van der Waals surface area contributed by atoms with Crippen LogP contribution in [0.4, 0.5) is 5.69 Å². The Balaban J connectivity index is 2.21. The first kappa shape index (κ1) is 16.4. The second-order valence-electron chi connectivity index (χ2n) is 5.32. The van der Waals surface area contributed by atoms with Crippen LogP contribution in [0, 0.1) is 10.2 Å². The van der Waals surface area contributed by atoms with E-state index >= 15 is 0 Å². The quantitative estimate of drug-likeness (QED) is 0.479. The molecule has 0 radical (unpaired) electrons. The molecule has 3 rings (SSSR count). The minimum absolute atomic E-state index is 0.301. The number of hydrogen-bond donors (Lipinski definition) is 3. The molecule has 0 amide bonds. The second-order valence-corrected chi connectivity index (χ2v) is 7.94. The molecule has 2 unspecified atom stereocenters. The lowest BCUT2D eigenvalue weighted by atomic mass is 10.1. The molecule has 1 heterocycles. The maximum absolute atomic E-state index is 13.2. The van der Waals surface area contributed by atoms with Gasteiger partial charge in [-0.05, 0) is 42.0 Å².